The number of rotatable bonds is 4. The molecule has 5 heteroatoms. The maximum Gasteiger partial charge on any atom is 0.227 e. The van der Waals surface area contributed by atoms with Gasteiger partial charge in [0, 0.05) is 18.4 Å². The van der Waals surface area contributed by atoms with Crippen molar-refractivity contribution in [1.29, 1.82) is 0 Å². The van der Waals surface area contributed by atoms with Crippen molar-refractivity contribution in [1.82, 2.24) is 9.88 Å². The summed E-state index contributed by atoms with van der Waals surface area (Å²) >= 11 is 0. The lowest BCUT2D eigenvalue weighted by molar-refractivity contribution is -0.138. The topological polar surface area (TPSA) is 51.7 Å². The number of carbonyl (C=O) groups excluding carboxylic acids is 1. The van der Waals surface area contributed by atoms with Crippen molar-refractivity contribution in [3.8, 4) is 5.75 Å². The SMILES string of the molecule is COc1cccc(CC(=O)N2CCO[C@@H](c3ccnc(C)c3)C2)c1. The first-order valence-corrected chi connectivity index (χ1v) is 8.10. The van der Waals surface area contributed by atoms with Crippen LogP contribution in [0, 0.1) is 6.92 Å². The second kappa shape index (κ2) is 7.45. The Hall–Kier alpha value is -2.40. The van der Waals surface area contributed by atoms with E-state index < -0.39 is 0 Å². The van der Waals surface area contributed by atoms with E-state index in [-0.39, 0.29) is 12.0 Å². The number of hydrogen-bond donors (Lipinski definition) is 0. The normalized spacial score (nSPS) is 17.6. The molecule has 0 bridgehead atoms. The quantitative estimate of drug-likeness (QED) is 0.866. The van der Waals surface area contributed by atoms with Crippen molar-refractivity contribution >= 4 is 5.91 Å². The van der Waals surface area contributed by atoms with Gasteiger partial charge in [0.15, 0.2) is 0 Å². The molecule has 24 heavy (non-hydrogen) atoms. The zero-order valence-corrected chi connectivity index (χ0v) is 14.1. The van der Waals surface area contributed by atoms with Crippen molar-refractivity contribution in [3.05, 3.63) is 59.4 Å². The number of amides is 1. The number of carbonyl (C=O) groups is 1. The van der Waals surface area contributed by atoms with Gasteiger partial charge in [-0.2, -0.15) is 0 Å². The van der Waals surface area contributed by atoms with Crippen LogP contribution in [0.1, 0.15) is 22.9 Å². The fourth-order valence-corrected chi connectivity index (χ4v) is 2.91. The largest absolute Gasteiger partial charge is 0.497 e. The summed E-state index contributed by atoms with van der Waals surface area (Å²) in [5.74, 6) is 0.884. The minimum absolute atomic E-state index is 0.0882. The Morgan fingerprint density at radius 1 is 1.38 bits per heavy atom. The fourth-order valence-electron chi connectivity index (χ4n) is 2.91. The van der Waals surface area contributed by atoms with E-state index in [0.29, 0.717) is 26.1 Å². The van der Waals surface area contributed by atoms with Gasteiger partial charge in [0.2, 0.25) is 5.91 Å². The molecule has 2 aromatic rings. The highest BCUT2D eigenvalue weighted by atomic mass is 16.5. The third-order valence-electron chi connectivity index (χ3n) is 4.20. The van der Waals surface area contributed by atoms with Crippen molar-refractivity contribution in [2.24, 2.45) is 0 Å². The van der Waals surface area contributed by atoms with Crippen LogP contribution in [0.2, 0.25) is 0 Å². The predicted molar refractivity (Wildman–Crippen MR) is 90.9 cm³/mol. The zero-order valence-electron chi connectivity index (χ0n) is 14.1. The first-order chi connectivity index (χ1) is 11.7. The van der Waals surface area contributed by atoms with Crippen LogP contribution >= 0.6 is 0 Å². The molecule has 1 fully saturated rings. The lowest BCUT2D eigenvalue weighted by Gasteiger charge is -2.33. The number of morpholine rings is 1. The number of hydrogen-bond acceptors (Lipinski definition) is 4. The van der Waals surface area contributed by atoms with E-state index in [0.717, 1.165) is 22.6 Å². The molecule has 1 aliphatic rings. The Morgan fingerprint density at radius 3 is 3.04 bits per heavy atom. The van der Waals surface area contributed by atoms with Crippen LogP contribution in [0.15, 0.2) is 42.6 Å². The molecule has 0 radical (unpaired) electrons. The van der Waals surface area contributed by atoms with E-state index in [1.807, 2.05) is 48.2 Å². The van der Waals surface area contributed by atoms with Crippen LogP contribution in [0.5, 0.6) is 5.75 Å². The molecule has 1 atom stereocenters. The van der Waals surface area contributed by atoms with E-state index in [2.05, 4.69) is 4.98 Å². The smallest absolute Gasteiger partial charge is 0.227 e. The van der Waals surface area contributed by atoms with Crippen LogP contribution in [0.4, 0.5) is 0 Å². The van der Waals surface area contributed by atoms with E-state index in [1.54, 1.807) is 13.3 Å². The van der Waals surface area contributed by atoms with Gasteiger partial charge in [-0.3, -0.25) is 9.78 Å². The van der Waals surface area contributed by atoms with Crippen molar-refractivity contribution in [3.63, 3.8) is 0 Å². The number of nitrogens with zero attached hydrogens (tertiary/aromatic N) is 2. The minimum atomic E-state index is -0.0882. The van der Waals surface area contributed by atoms with Crippen LogP contribution < -0.4 is 4.74 Å². The monoisotopic (exact) mass is 326 g/mol. The lowest BCUT2D eigenvalue weighted by atomic mass is 10.1. The Kier molecular flexibility index (Phi) is 5.11. The van der Waals surface area contributed by atoms with Gasteiger partial charge in [-0.05, 0) is 42.3 Å². The number of aryl methyl sites for hydroxylation is 1. The summed E-state index contributed by atoms with van der Waals surface area (Å²) in [5.41, 5.74) is 2.99. The summed E-state index contributed by atoms with van der Waals surface area (Å²) in [6.07, 6.45) is 2.07. The van der Waals surface area contributed by atoms with Crippen LogP contribution in [-0.2, 0) is 16.0 Å². The number of benzene rings is 1. The number of pyridine rings is 1. The van der Waals surface area contributed by atoms with Crippen molar-refractivity contribution in [2.75, 3.05) is 26.8 Å². The molecule has 0 saturated carbocycles. The average Bonchev–Trinajstić information content (AvgIpc) is 2.62. The molecule has 0 spiro atoms. The molecule has 0 aliphatic carbocycles. The predicted octanol–water partition coefficient (Wildman–Crippen LogP) is 2.54. The summed E-state index contributed by atoms with van der Waals surface area (Å²) in [5, 5.41) is 0. The van der Waals surface area contributed by atoms with Crippen LogP contribution in [0.3, 0.4) is 0 Å². The van der Waals surface area contributed by atoms with Crippen molar-refractivity contribution in [2.45, 2.75) is 19.4 Å². The van der Waals surface area contributed by atoms with Gasteiger partial charge in [-0.1, -0.05) is 12.1 Å². The van der Waals surface area contributed by atoms with E-state index in [1.165, 1.54) is 0 Å². The summed E-state index contributed by atoms with van der Waals surface area (Å²) in [7, 11) is 1.63. The summed E-state index contributed by atoms with van der Waals surface area (Å²) in [6.45, 7) is 3.71. The van der Waals surface area contributed by atoms with Gasteiger partial charge in [-0.15, -0.1) is 0 Å². The standard InChI is InChI=1S/C19H22N2O3/c1-14-10-16(6-7-20-14)18-13-21(8-9-24-18)19(22)12-15-4-3-5-17(11-15)23-2/h3-7,10-11,18H,8-9,12-13H2,1-2H3/t18-/m1/s1. The number of ether oxygens (including phenoxy) is 2. The molecule has 1 aliphatic heterocycles. The molecule has 0 unspecified atom stereocenters. The highest BCUT2D eigenvalue weighted by Gasteiger charge is 2.25. The third-order valence-corrected chi connectivity index (χ3v) is 4.20. The van der Waals surface area contributed by atoms with Gasteiger partial charge in [0.25, 0.3) is 0 Å². The van der Waals surface area contributed by atoms with Gasteiger partial charge in [-0.25, -0.2) is 0 Å². The second-order valence-electron chi connectivity index (χ2n) is 5.96. The number of aromatic nitrogens is 1. The lowest BCUT2D eigenvalue weighted by Crippen LogP contribution is -2.43. The Labute approximate surface area is 142 Å². The van der Waals surface area contributed by atoms with E-state index in [4.69, 9.17) is 9.47 Å². The van der Waals surface area contributed by atoms with Gasteiger partial charge in [0.05, 0.1) is 26.7 Å². The first kappa shape index (κ1) is 16.5. The summed E-state index contributed by atoms with van der Waals surface area (Å²) in [4.78, 5) is 18.7. The molecule has 2 heterocycles. The van der Waals surface area contributed by atoms with Crippen LogP contribution in [0.25, 0.3) is 0 Å². The molecule has 1 saturated heterocycles. The molecule has 1 amide bonds. The zero-order chi connectivity index (χ0) is 16.9. The second-order valence-corrected chi connectivity index (χ2v) is 5.96. The van der Waals surface area contributed by atoms with Crippen LogP contribution in [-0.4, -0.2) is 42.6 Å². The summed E-state index contributed by atoms with van der Waals surface area (Å²) < 4.78 is 11.1. The van der Waals surface area contributed by atoms with E-state index in [9.17, 15) is 4.79 Å². The summed E-state index contributed by atoms with van der Waals surface area (Å²) in [6, 6.07) is 11.6. The first-order valence-electron chi connectivity index (χ1n) is 8.10. The Morgan fingerprint density at radius 2 is 2.25 bits per heavy atom. The number of methoxy groups -OCH3 is 1. The maximum atomic E-state index is 12.6. The fraction of sp³-hybridized carbons (Fsp3) is 0.368. The molecule has 3 rings (SSSR count). The molecule has 5 nitrogen and oxygen atoms in total. The maximum absolute atomic E-state index is 12.6. The highest BCUT2D eigenvalue weighted by Crippen LogP contribution is 2.23. The molecule has 0 N–H and O–H groups in total. The Balaban J connectivity index is 1.66. The van der Waals surface area contributed by atoms with Gasteiger partial charge >= 0.3 is 0 Å². The minimum Gasteiger partial charge on any atom is -0.497 e. The highest BCUT2D eigenvalue weighted by molar-refractivity contribution is 5.79. The molecule has 1 aromatic carbocycles. The Bertz CT molecular complexity index is 717. The molecular weight excluding hydrogens is 304 g/mol. The third kappa shape index (κ3) is 3.92. The van der Waals surface area contributed by atoms with E-state index >= 15 is 0 Å². The average molecular weight is 326 g/mol. The van der Waals surface area contributed by atoms with Gasteiger partial charge in [0.1, 0.15) is 11.9 Å². The molecule has 1 aromatic heterocycles. The molecule has 126 valence electrons. The van der Waals surface area contributed by atoms with Gasteiger partial charge < -0.3 is 14.4 Å². The molecular formula is C19H22N2O3. The van der Waals surface area contributed by atoms with Crippen molar-refractivity contribution < 1.29 is 14.3 Å².